The van der Waals surface area contributed by atoms with Crippen LogP contribution in [0.5, 0.6) is 5.75 Å². The molecule has 0 bridgehead atoms. The molecule has 2 rings (SSSR count). The molecule has 0 aliphatic carbocycles. The molecule has 5 heteroatoms. The van der Waals surface area contributed by atoms with E-state index in [2.05, 4.69) is 4.90 Å². The van der Waals surface area contributed by atoms with Gasteiger partial charge in [-0.2, -0.15) is 0 Å². The summed E-state index contributed by atoms with van der Waals surface area (Å²) in [4.78, 5) is 13.2. The number of likely N-dealkylation sites (tertiary alicyclic amines) is 1. The predicted octanol–water partition coefficient (Wildman–Crippen LogP) is 2.90. The minimum Gasteiger partial charge on any atom is -0.492 e. The second kappa shape index (κ2) is 6.78. The van der Waals surface area contributed by atoms with Gasteiger partial charge in [-0.15, -0.1) is 0 Å². The number of carboxylic acid groups (broad SMARTS) is 1. The lowest BCUT2D eigenvalue weighted by atomic mass is 10.1. The lowest BCUT2D eigenvalue weighted by molar-refractivity contribution is 0.0697. The van der Waals surface area contributed by atoms with Gasteiger partial charge in [0.15, 0.2) is 0 Å². The van der Waals surface area contributed by atoms with Crippen LogP contribution in [0.15, 0.2) is 18.2 Å². The van der Waals surface area contributed by atoms with Gasteiger partial charge in [-0.3, -0.25) is 4.90 Å². The van der Waals surface area contributed by atoms with Crippen LogP contribution in [0.3, 0.4) is 0 Å². The van der Waals surface area contributed by atoms with Gasteiger partial charge in [0, 0.05) is 6.54 Å². The number of rotatable bonds is 5. The fourth-order valence-electron chi connectivity index (χ4n) is 2.23. The molecule has 1 aromatic carbocycles. The van der Waals surface area contributed by atoms with E-state index >= 15 is 0 Å². The van der Waals surface area contributed by atoms with Gasteiger partial charge in [0.1, 0.15) is 12.4 Å². The number of carboxylic acids is 1. The van der Waals surface area contributed by atoms with Crippen molar-refractivity contribution in [2.24, 2.45) is 0 Å². The molecule has 1 aromatic rings. The van der Waals surface area contributed by atoms with E-state index in [4.69, 9.17) is 21.4 Å². The molecular weight excluding hydrogens is 266 g/mol. The molecule has 0 aromatic heterocycles. The van der Waals surface area contributed by atoms with Gasteiger partial charge in [-0.25, -0.2) is 4.79 Å². The molecule has 19 heavy (non-hydrogen) atoms. The van der Waals surface area contributed by atoms with E-state index in [1.165, 1.54) is 25.3 Å². The van der Waals surface area contributed by atoms with Gasteiger partial charge in [0.25, 0.3) is 0 Å². The SMILES string of the molecule is O=C(O)c1ccc(OCCN2CCCCC2)cc1Cl. The smallest absolute Gasteiger partial charge is 0.337 e. The molecule has 1 fully saturated rings. The Balaban J connectivity index is 1.82. The highest BCUT2D eigenvalue weighted by molar-refractivity contribution is 6.33. The lowest BCUT2D eigenvalue weighted by Crippen LogP contribution is -2.33. The molecule has 1 heterocycles. The number of benzene rings is 1. The number of halogens is 1. The summed E-state index contributed by atoms with van der Waals surface area (Å²) in [5.74, 6) is -0.406. The van der Waals surface area contributed by atoms with Crippen molar-refractivity contribution < 1.29 is 14.6 Å². The number of hydrogen-bond donors (Lipinski definition) is 1. The molecule has 1 N–H and O–H groups in total. The van der Waals surface area contributed by atoms with Gasteiger partial charge in [-0.05, 0) is 44.1 Å². The summed E-state index contributed by atoms with van der Waals surface area (Å²) in [6.07, 6.45) is 3.85. The highest BCUT2D eigenvalue weighted by Gasteiger charge is 2.11. The summed E-state index contributed by atoms with van der Waals surface area (Å²) in [6.45, 7) is 3.78. The number of nitrogens with zero attached hydrogens (tertiary/aromatic N) is 1. The normalized spacial score (nSPS) is 16.3. The van der Waals surface area contributed by atoms with E-state index in [1.807, 2.05) is 0 Å². The molecule has 0 atom stereocenters. The van der Waals surface area contributed by atoms with Gasteiger partial charge >= 0.3 is 5.97 Å². The Morgan fingerprint density at radius 3 is 2.68 bits per heavy atom. The first-order chi connectivity index (χ1) is 9.16. The molecule has 1 aliphatic rings. The highest BCUT2D eigenvalue weighted by Crippen LogP contribution is 2.22. The number of carbonyl (C=O) groups is 1. The van der Waals surface area contributed by atoms with Gasteiger partial charge in [0.2, 0.25) is 0 Å². The first kappa shape index (κ1) is 14.2. The fraction of sp³-hybridized carbons (Fsp3) is 0.500. The van der Waals surface area contributed by atoms with Crippen LogP contribution in [-0.2, 0) is 0 Å². The minimum absolute atomic E-state index is 0.102. The van der Waals surface area contributed by atoms with Crippen molar-refractivity contribution in [2.75, 3.05) is 26.2 Å². The van der Waals surface area contributed by atoms with Crippen LogP contribution in [-0.4, -0.2) is 42.2 Å². The minimum atomic E-state index is -1.02. The summed E-state index contributed by atoms with van der Waals surface area (Å²) in [5, 5.41) is 9.08. The molecule has 1 saturated heterocycles. The third-order valence-corrected chi connectivity index (χ3v) is 3.61. The topological polar surface area (TPSA) is 49.8 Å². The fourth-order valence-corrected chi connectivity index (χ4v) is 2.49. The van der Waals surface area contributed by atoms with Crippen molar-refractivity contribution in [2.45, 2.75) is 19.3 Å². The molecule has 0 unspecified atom stereocenters. The summed E-state index contributed by atoms with van der Waals surface area (Å²) in [7, 11) is 0. The number of aromatic carboxylic acids is 1. The zero-order valence-electron chi connectivity index (χ0n) is 10.8. The monoisotopic (exact) mass is 283 g/mol. The third kappa shape index (κ3) is 4.11. The quantitative estimate of drug-likeness (QED) is 0.903. The van der Waals surface area contributed by atoms with Crippen LogP contribution in [0, 0.1) is 0 Å². The maximum absolute atomic E-state index is 10.8. The number of ether oxygens (including phenoxy) is 1. The Kier molecular flexibility index (Phi) is 5.05. The molecule has 0 amide bonds. The lowest BCUT2D eigenvalue weighted by Gasteiger charge is -2.26. The van der Waals surface area contributed by atoms with Crippen molar-refractivity contribution in [1.82, 2.24) is 4.90 Å². The highest BCUT2D eigenvalue weighted by atomic mass is 35.5. The molecule has 1 aliphatic heterocycles. The van der Waals surface area contributed by atoms with E-state index in [1.54, 1.807) is 12.1 Å². The van der Waals surface area contributed by atoms with Crippen LogP contribution in [0.4, 0.5) is 0 Å². The van der Waals surface area contributed by atoms with Crippen molar-refractivity contribution in [1.29, 1.82) is 0 Å². The molecule has 4 nitrogen and oxygen atoms in total. The maximum atomic E-state index is 10.8. The second-order valence-corrected chi connectivity index (χ2v) is 5.10. The summed E-state index contributed by atoms with van der Waals surface area (Å²) >= 11 is 5.88. The van der Waals surface area contributed by atoms with Gasteiger partial charge < -0.3 is 9.84 Å². The molecule has 0 spiro atoms. The number of piperidine rings is 1. The number of hydrogen-bond acceptors (Lipinski definition) is 3. The summed E-state index contributed by atoms with van der Waals surface area (Å²) in [5.41, 5.74) is 0.102. The van der Waals surface area contributed by atoms with E-state index in [-0.39, 0.29) is 10.6 Å². The molecule has 0 saturated carbocycles. The van der Waals surface area contributed by atoms with Crippen LogP contribution in [0.2, 0.25) is 5.02 Å². The van der Waals surface area contributed by atoms with Crippen molar-refractivity contribution >= 4 is 17.6 Å². The largest absolute Gasteiger partial charge is 0.492 e. The average molecular weight is 284 g/mol. The predicted molar refractivity (Wildman–Crippen MR) is 74.2 cm³/mol. The van der Waals surface area contributed by atoms with Gasteiger partial charge in [-0.1, -0.05) is 18.0 Å². The Labute approximate surface area is 117 Å². The standard InChI is InChI=1S/C14H18ClNO3/c15-13-10-11(4-5-12(13)14(17)18)19-9-8-16-6-2-1-3-7-16/h4-5,10H,1-3,6-9H2,(H,17,18). The average Bonchev–Trinajstić information content (AvgIpc) is 2.39. The third-order valence-electron chi connectivity index (χ3n) is 3.30. The molecule has 0 radical (unpaired) electrons. The molecular formula is C14H18ClNO3. The van der Waals surface area contributed by atoms with Gasteiger partial charge in [0.05, 0.1) is 10.6 Å². The van der Waals surface area contributed by atoms with E-state index < -0.39 is 5.97 Å². The van der Waals surface area contributed by atoms with E-state index in [0.717, 1.165) is 19.6 Å². The first-order valence-electron chi connectivity index (χ1n) is 6.55. The summed E-state index contributed by atoms with van der Waals surface area (Å²) < 4.78 is 5.61. The van der Waals surface area contributed by atoms with Crippen LogP contribution in [0.1, 0.15) is 29.6 Å². The zero-order valence-corrected chi connectivity index (χ0v) is 11.5. The van der Waals surface area contributed by atoms with Crippen LogP contribution < -0.4 is 4.74 Å². The molecule has 104 valence electrons. The van der Waals surface area contributed by atoms with E-state index in [0.29, 0.717) is 12.4 Å². The Bertz CT molecular complexity index is 444. The van der Waals surface area contributed by atoms with Crippen LogP contribution >= 0.6 is 11.6 Å². The second-order valence-electron chi connectivity index (χ2n) is 4.70. The Morgan fingerprint density at radius 1 is 1.32 bits per heavy atom. The van der Waals surface area contributed by atoms with Crippen molar-refractivity contribution in [3.05, 3.63) is 28.8 Å². The summed E-state index contributed by atoms with van der Waals surface area (Å²) in [6, 6.07) is 4.67. The van der Waals surface area contributed by atoms with Crippen LogP contribution in [0.25, 0.3) is 0 Å². The Morgan fingerprint density at radius 2 is 2.05 bits per heavy atom. The van der Waals surface area contributed by atoms with Crippen molar-refractivity contribution in [3.8, 4) is 5.75 Å². The maximum Gasteiger partial charge on any atom is 0.337 e. The van der Waals surface area contributed by atoms with Crippen molar-refractivity contribution in [3.63, 3.8) is 0 Å². The Hall–Kier alpha value is -1.26. The first-order valence-corrected chi connectivity index (χ1v) is 6.92. The zero-order chi connectivity index (χ0) is 13.7. The van der Waals surface area contributed by atoms with E-state index in [9.17, 15) is 4.79 Å².